The third-order valence-corrected chi connectivity index (χ3v) is 5.82. The van der Waals surface area contributed by atoms with Crippen LogP contribution < -0.4 is 9.80 Å². The number of aryl methyl sites for hydroxylation is 1. The van der Waals surface area contributed by atoms with Crippen molar-refractivity contribution in [2.75, 3.05) is 36.0 Å². The van der Waals surface area contributed by atoms with Gasteiger partial charge in [-0.3, -0.25) is 0 Å². The summed E-state index contributed by atoms with van der Waals surface area (Å²) < 4.78 is 0. The largest absolute Gasteiger partial charge is 0.356 e. The topological polar surface area (TPSA) is 68.9 Å². The Morgan fingerprint density at radius 2 is 1.81 bits per heavy atom. The molecule has 6 nitrogen and oxygen atoms in total. The number of anilines is 2. The molecule has 1 aliphatic carbocycles. The summed E-state index contributed by atoms with van der Waals surface area (Å²) in [5.74, 6) is 4.75. The zero-order valence-corrected chi connectivity index (χ0v) is 15.0. The van der Waals surface area contributed by atoms with Gasteiger partial charge in [-0.05, 0) is 31.9 Å². The highest BCUT2D eigenvalue weighted by molar-refractivity contribution is 5.55. The molecule has 3 aliphatic rings. The Bertz CT molecular complexity index is 870. The Labute approximate surface area is 153 Å². The summed E-state index contributed by atoms with van der Waals surface area (Å²) >= 11 is 0. The number of pyridine rings is 1. The predicted octanol–water partition coefficient (Wildman–Crippen LogP) is 2.50. The van der Waals surface area contributed by atoms with E-state index < -0.39 is 0 Å². The van der Waals surface area contributed by atoms with Crippen LogP contribution in [0.4, 0.5) is 11.6 Å². The van der Waals surface area contributed by atoms with Crippen molar-refractivity contribution in [1.82, 2.24) is 15.0 Å². The molecule has 2 aromatic heterocycles. The lowest BCUT2D eigenvalue weighted by Crippen LogP contribution is -2.30. The van der Waals surface area contributed by atoms with Crippen LogP contribution in [0.5, 0.6) is 0 Å². The number of hydrogen-bond acceptors (Lipinski definition) is 6. The van der Waals surface area contributed by atoms with Crippen LogP contribution in [0, 0.1) is 30.1 Å². The number of fused-ring (bicyclic) bond motifs is 1. The van der Waals surface area contributed by atoms with Gasteiger partial charge in [-0.2, -0.15) is 5.26 Å². The fraction of sp³-hybridized carbons (Fsp3) is 0.500. The van der Waals surface area contributed by atoms with Gasteiger partial charge in [0.2, 0.25) is 0 Å². The maximum absolute atomic E-state index is 9.34. The molecule has 0 radical (unpaired) electrons. The van der Waals surface area contributed by atoms with Crippen molar-refractivity contribution in [1.29, 1.82) is 5.26 Å². The smallest absolute Gasteiger partial charge is 0.146 e. The Balaban J connectivity index is 1.32. The molecule has 1 saturated carbocycles. The molecule has 0 bridgehead atoms. The van der Waals surface area contributed by atoms with Crippen molar-refractivity contribution in [2.45, 2.75) is 25.7 Å². The van der Waals surface area contributed by atoms with Crippen molar-refractivity contribution in [3.05, 3.63) is 41.5 Å². The van der Waals surface area contributed by atoms with Crippen LogP contribution in [0.15, 0.2) is 24.4 Å². The summed E-state index contributed by atoms with van der Waals surface area (Å²) in [6, 6.07) is 8.07. The highest BCUT2D eigenvalue weighted by Crippen LogP contribution is 2.40. The molecular formula is C20H22N6. The lowest BCUT2D eigenvalue weighted by molar-refractivity contribution is 0.533. The molecule has 6 heteroatoms. The van der Waals surface area contributed by atoms with Gasteiger partial charge in [-0.15, -0.1) is 0 Å². The van der Waals surface area contributed by atoms with E-state index in [2.05, 4.69) is 38.8 Å². The first-order valence-corrected chi connectivity index (χ1v) is 9.42. The van der Waals surface area contributed by atoms with Gasteiger partial charge in [0.1, 0.15) is 23.5 Å². The maximum atomic E-state index is 9.34. The summed E-state index contributed by atoms with van der Waals surface area (Å²) in [7, 11) is 0. The van der Waals surface area contributed by atoms with Crippen LogP contribution in [0.2, 0.25) is 0 Å². The first-order chi connectivity index (χ1) is 12.7. The normalized spacial score (nSPS) is 24.6. The third-order valence-electron chi connectivity index (χ3n) is 5.82. The minimum Gasteiger partial charge on any atom is -0.356 e. The molecule has 4 heterocycles. The standard InChI is InChI=1S/C20H22N6/c1-13-7-18(24-19(23-13)14-4-5-14)25-9-16-11-26(12-17(16)10-25)20-15(8-21)3-2-6-22-20/h2-3,6-7,14,16-17H,4-5,9-12H2,1H3. The van der Waals surface area contributed by atoms with Crippen molar-refractivity contribution in [3.8, 4) is 6.07 Å². The number of rotatable bonds is 3. The van der Waals surface area contributed by atoms with E-state index in [0.29, 0.717) is 23.3 Å². The highest BCUT2D eigenvalue weighted by atomic mass is 15.3. The number of aromatic nitrogens is 3. The number of nitriles is 1. The summed E-state index contributed by atoms with van der Waals surface area (Å²) in [5, 5.41) is 9.34. The number of nitrogens with zero attached hydrogens (tertiary/aromatic N) is 6. The third kappa shape index (κ3) is 2.68. The average molecular weight is 346 g/mol. The minimum atomic E-state index is 0.583. The van der Waals surface area contributed by atoms with Crippen LogP contribution >= 0.6 is 0 Å². The van der Waals surface area contributed by atoms with Crippen molar-refractivity contribution < 1.29 is 0 Å². The molecule has 3 fully saturated rings. The Kier molecular flexibility index (Phi) is 3.56. The first-order valence-electron chi connectivity index (χ1n) is 9.42. The minimum absolute atomic E-state index is 0.583. The van der Waals surface area contributed by atoms with Crippen LogP contribution in [0.1, 0.15) is 35.8 Å². The molecule has 132 valence electrons. The summed E-state index contributed by atoms with van der Waals surface area (Å²) in [6.07, 6.45) is 4.24. The summed E-state index contributed by atoms with van der Waals surface area (Å²) in [4.78, 5) is 18.6. The predicted molar refractivity (Wildman–Crippen MR) is 99.1 cm³/mol. The van der Waals surface area contributed by atoms with E-state index in [9.17, 15) is 5.26 Å². The zero-order valence-electron chi connectivity index (χ0n) is 15.0. The van der Waals surface area contributed by atoms with E-state index in [0.717, 1.165) is 49.3 Å². The van der Waals surface area contributed by atoms with Gasteiger partial charge in [0.25, 0.3) is 0 Å². The van der Waals surface area contributed by atoms with Gasteiger partial charge in [-0.1, -0.05) is 0 Å². The van der Waals surface area contributed by atoms with Gasteiger partial charge in [0.05, 0.1) is 5.56 Å². The molecule has 5 rings (SSSR count). The van der Waals surface area contributed by atoms with Crippen molar-refractivity contribution in [2.24, 2.45) is 11.8 Å². The fourth-order valence-corrected chi connectivity index (χ4v) is 4.35. The highest BCUT2D eigenvalue weighted by Gasteiger charge is 2.41. The van der Waals surface area contributed by atoms with Gasteiger partial charge in [0.15, 0.2) is 0 Å². The van der Waals surface area contributed by atoms with Crippen LogP contribution in [-0.4, -0.2) is 41.1 Å². The van der Waals surface area contributed by atoms with E-state index in [1.165, 1.54) is 12.8 Å². The summed E-state index contributed by atoms with van der Waals surface area (Å²) in [5.41, 5.74) is 1.74. The first kappa shape index (κ1) is 15.6. The Morgan fingerprint density at radius 3 is 2.50 bits per heavy atom. The molecule has 0 aromatic carbocycles. The van der Waals surface area contributed by atoms with E-state index >= 15 is 0 Å². The van der Waals surface area contributed by atoms with Gasteiger partial charge in [-0.25, -0.2) is 15.0 Å². The molecule has 2 aliphatic heterocycles. The fourth-order valence-electron chi connectivity index (χ4n) is 4.35. The van der Waals surface area contributed by atoms with Crippen molar-refractivity contribution >= 4 is 11.6 Å². The molecular weight excluding hydrogens is 324 g/mol. The van der Waals surface area contributed by atoms with Gasteiger partial charge in [0, 0.05) is 61.9 Å². The lowest BCUT2D eigenvalue weighted by Gasteiger charge is -2.24. The van der Waals surface area contributed by atoms with E-state index in [4.69, 9.17) is 4.98 Å². The second kappa shape index (κ2) is 5.94. The average Bonchev–Trinajstić information content (AvgIpc) is 3.31. The maximum Gasteiger partial charge on any atom is 0.146 e. The number of hydrogen-bond donors (Lipinski definition) is 0. The monoisotopic (exact) mass is 346 g/mol. The zero-order chi connectivity index (χ0) is 17.7. The molecule has 2 saturated heterocycles. The quantitative estimate of drug-likeness (QED) is 0.850. The SMILES string of the molecule is Cc1cc(N2CC3CN(c4ncccc4C#N)CC3C2)nc(C2CC2)n1. The molecule has 0 spiro atoms. The second-order valence-electron chi connectivity index (χ2n) is 7.82. The molecule has 0 N–H and O–H groups in total. The lowest BCUT2D eigenvalue weighted by atomic mass is 10.0. The summed E-state index contributed by atoms with van der Waals surface area (Å²) in [6.45, 7) is 6.05. The van der Waals surface area contributed by atoms with Crippen molar-refractivity contribution in [3.63, 3.8) is 0 Å². The van der Waals surface area contributed by atoms with Gasteiger partial charge < -0.3 is 9.80 Å². The Morgan fingerprint density at radius 1 is 1.08 bits per heavy atom. The molecule has 2 aromatic rings. The van der Waals surface area contributed by atoms with Crippen LogP contribution in [-0.2, 0) is 0 Å². The van der Waals surface area contributed by atoms with E-state index in [-0.39, 0.29) is 0 Å². The van der Waals surface area contributed by atoms with Crippen LogP contribution in [0.3, 0.4) is 0 Å². The Hall–Kier alpha value is -2.68. The molecule has 0 amide bonds. The van der Waals surface area contributed by atoms with Gasteiger partial charge >= 0.3 is 0 Å². The molecule has 26 heavy (non-hydrogen) atoms. The second-order valence-corrected chi connectivity index (χ2v) is 7.82. The van der Waals surface area contributed by atoms with E-state index in [1.54, 1.807) is 6.20 Å². The van der Waals surface area contributed by atoms with E-state index in [1.807, 2.05) is 12.1 Å². The molecule has 2 atom stereocenters. The van der Waals surface area contributed by atoms with Crippen LogP contribution in [0.25, 0.3) is 0 Å². The molecule has 2 unspecified atom stereocenters.